The van der Waals surface area contributed by atoms with Gasteiger partial charge in [0.25, 0.3) is 0 Å². The lowest BCUT2D eigenvalue weighted by Gasteiger charge is -2.33. The fraction of sp³-hybridized carbons (Fsp3) is 0.750. The van der Waals surface area contributed by atoms with Crippen molar-refractivity contribution in [3.05, 3.63) is 0 Å². The van der Waals surface area contributed by atoms with Crippen LogP contribution in [0.4, 0.5) is 0 Å². The van der Waals surface area contributed by atoms with Crippen molar-refractivity contribution in [2.75, 3.05) is 20.2 Å². The van der Waals surface area contributed by atoms with E-state index in [0.717, 1.165) is 32.4 Å². The van der Waals surface area contributed by atoms with Gasteiger partial charge in [-0.05, 0) is 26.3 Å². The molecule has 1 aliphatic rings. The normalized spacial score (nSPS) is 21.6. The van der Waals surface area contributed by atoms with Crippen molar-refractivity contribution in [2.24, 2.45) is 0 Å². The van der Waals surface area contributed by atoms with E-state index in [4.69, 9.17) is 4.74 Å². The summed E-state index contributed by atoms with van der Waals surface area (Å²) in [6.45, 7) is 3.71. The lowest BCUT2D eigenvalue weighted by atomic mass is 10.0. The topological polar surface area (TPSA) is 29.5 Å². The number of carbonyl (C=O) groups excluding carboxylic acids is 1. The van der Waals surface area contributed by atoms with Gasteiger partial charge in [-0.15, -0.1) is 11.8 Å². The molecule has 0 aromatic rings. The Labute approximate surface area is 91.8 Å². The molecule has 3 heteroatoms. The Hall–Kier alpha value is -1.01. The largest absolute Gasteiger partial charge is 0.468 e. The van der Waals surface area contributed by atoms with E-state index in [9.17, 15) is 4.79 Å². The number of esters is 1. The summed E-state index contributed by atoms with van der Waals surface area (Å²) in [6, 6.07) is -0.0394. The number of methoxy groups -OCH3 is 1. The molecule has 0 unspecified atom stereocenters. The molecule has 0 aliphatic carbocycles. The molecular formula is C12H19NO2. The van der Waals surface area contributed by atoms with Crippen LogP contribution < -0.4 is 0 Å². The zero-order chi connectivity index (χ0) is 11.1. The number of hydrogen-bond acceptors (Lipinski definition) is 3. The molecule has 0 aromatic heterocycles. The van der Waals surface area contributed by atoms with E-state index in [1.165, 1.54) is 13.5 Å². The lowest BCUT2D eigenvalue weighted by Crippen LogP contribution is -2.45. The summed E-state index contributed by atoms with van der Waals surface area (Å²) in [7, 11) is 1.46. The minimum atomic E-state index is -0.0980. The van der Waals surface area contributed by atoms with E-state index in [1.54, 1.807) is 0 Å². The molecule has 15 heavy (non-hydrogen) atoms. The number of carbonyl (C=O) groups is 1. The highest BCUT2D eigenvalue weighted by Gasteiger charge is 2.28. The summed E-state index contributed by atoms with van der Waals surface area (Å²) in [4.78, 5) is 13.7. The number of hydrogen-bond donors (Lipinski definition) is 0. The quantitative estimate of drug-likeness (QED) is 0.520. The van der Waals surface area contributed by atoms with E-state index in [2.05, 4.69) is 16.7 Å². The minimum absolute atomic E-state index is 0.0394. The van der Waals surface area contributed by atoms with Gasteiger partial charge in [0, 0.05) is 13.0 Å². The van der Waals surface area contributed by atoms with Gasteiger partial charge in [0.2, 0.25) is 0 Å². The van der Waals surface area contributed by atoms with Crippen LogP contribution in [0.5, 0.6) is 0 Å². The molecule has 0 N–H and O–H groups in total. The Morgan fingerprint density at radius 1 is 1.53 bits per heavy atom. The predicted octanol–water partition coefficient (Wildman–Crippen LogP) is 1.43. The van der Waals surface area contributed by atoms with Crippen molar-refractivity contribution >= 4 is 5.97 Å². The molecule has 0 radical (unpaired) electrons. The number of likely N-dealkylation sites (tertiary alicyclic amines) is 1. The predicted molar refractivity (Wildman–Crippen MR) is 59.3 cm³/mol. The first-order valence-electron chi connectivity index (χ1n) is 5.51. The van der Waals surface area contributed by atoms with Gasteiger partial charge in [0.1, 0.15) is 6.04 Å². The smallest absolute Gasteiger partial charge is 0.323 e. The molecule has 1 saturated heterocycles. The van der Waals surface area contributed by atoms with Crippen molar-refractivity contribution in [2.45, 2.75) is 38.6 Å². The van der Waals surface area contributed by atoms with Crippen LogP contribution in [0.2, 0.25) is 0 Å². The fourth-order valence-corrected chi connectivity index (χ4v) is 1.99. The average Bonchev–Trinajstić information content (AvgIpc) is 2.29. The first-order chi connectivity index (χ1) is 7.29. The number of rotatable bonds is 3. The van der Waals surface area contributed by atoms with Crippen LogP contribution in [-0.2, 0) is 9.53 Å². The van der Waals surface area contributed by atoms with Crippen molar-refractivity contribution in [1.29, 1.82) is 0 Å². The molecule has 0 amide bonds. The Kier molecular flexibility index (Phi) is 5.20. The van der Waals surface area contributed by atoms with Crippen LogP contribution in [-0.4, -0.2) is 37.1 Å². The van der Waals surface area contributed by atoms with Gasteiger partial charge in [0.15, 0.2) is 0 Å². The summed E-state index contributed by atoms with van der Waals surface area (Å²) in [5, 5.41) is 0. The van der Waals surface area contributed by atoms with Crippen LogP contribution in [0, 0.1) is 11.8 Å². The Balaban J connectivity index is 2.48. The zero-order valence-electron chi connectivity index (χ0n) is 9.58. The SMILES string of the molecule is CC#CCCN1CCCC[C@@H]1C(=O)OC. The average molecular weight is 209 g/mol. The molecule has 0 bridgehead atoms. The van der Waals surface area contributed by atoms with Gasteiger partial charge in [-0.1, -0.05) is 6.42 Å². The molecule has 0 spiro atoms. The van der Waals surface area contributed by atoms with Gasteiger partial charge < -0.3 is 4.74 Å². The highest BCUT2D eigenvalue weighted by atomic mass is 16.5. The monoisotopic (exact) mass is 209 g/mol. The Morgan fingerprint density at radius 3 is 3.00 bits per heavy atom. The third-order valence-electron chi connectivity index (χ3n) is 2.79. The van der Waals surface area contributed by atoms with E-state index in [-0.39, 0.29) is 12.0 Å². The van der Waals surface area contributed by atoms with E-state index in [1.807, 2.05) is 6.92 Å². The molecule has 1 heterocycles. The van der Waals surface area contributed by atoms with Gasteiger partial charge in [0.05, 0.1) is 7.11 Å². The maximum absolute atomic E-state index is 11.5. The third-order valence-corrected chi connectivity index (χ3v) is 2.79. The second-order valence-corrected chi connectivity index (χ2v) is 3.75. The number of piperidine rings is 1. The van der Waals surface area contributed by atoms with Gasteiger partial charge in [-0.3, -0.25) is 9.69 Å². The molecule has 0 aromatic carbocycles. The number of ether oxygens (including phenoxy) is 1. The van der Waals surface area contributed by atoms with Gasteiger partial charge in [-0.2, -0.15) is 0 Å². The molecule has 1 rings (SSSR count). The maximum atomic E-state index is 11.5. The highest BCUT2D eigenvalue weighted by molar-refractivity contribution is 5.75. The van der Waals surface area contributed by atoms with Crippen LogP contribution >= 0.6 is 0 Å². The van der Waals surface area contributed by atoms with Crippen molar-refractivity contribution in [3.8, 4) is 11.8 Å². The summed E-state index contributed by atoms with van der Waals surface area (Å²) in [5.74, 6) is 5.80. The fourth-order valence-electron chi connectivity index (χ4n) is 1.99. The van der Waals surface area contributed by atoms with Crippen LogP contribution in [0.15, 0.2) is 0 Å². The van der Waals surface area contributed by atoms with E-state index < -0.39 is 0 Å². The molecule has 84 valence electrons. The Morgan fingerprint density at radius 2 is 2.33 bits per heavy atom. The standard InChI is InChI=1S/C12H19NO2/c1-3-4-6-9-13-10-7-5-8-11(13)12(14)15-2/h11H,5-10H2,1-2H3/t11-/m1/s1. The molecule has 1 fully saturated rings. The minimum Gasteiger partial charge on any atom is -0.468 e. The summed E-state index contributed by atoms with van der Waals surface area (Å²) in [6.07, 6.45) is 4.05. The van der Waals surface area contributed by atoms with Crippen LogP contribution in [0.25, 0.3) is 0 Å². The molecular weight excluding hydrogens is 190 g/mol. The number of nitrogens with zero attached hydrogens (tertiary/aromatic N) is 1. The lowest BCUT2D eigenvalue weighted by molar-refractivity contribution is -0.148. The second-order valence-electron chi connectivity index (χ2n) is 3.75. The molecule has 0 saturated carbocycles. The zero-order valence-corrected chi connectivity index (χ0v) is 9.58. The van der Waals surface area contributed by atoms with E-state index >= 15 is 0 Å². The van der Waals surface area contributed by atoms with Gasteiger partial charge >= 0.3 is 5.97 Å². The summed E-state index contributed by atoms with van der Waals surface area (Å²) >= 11 is 0. The molecule has 3 nitrogen and oxygen atoms in total. The first kappa shape index (κ1) is 12.1. The first-order valence-corrected chi connectivity index (χ1v) is 5.51. The summed E-state index contributed by atoms with van der Waals surface area (Å²) < 4.78 is 4.81. The highest BCUT2D eigenvalue weighted by Crippen LogP contribution is 2.17. The van der Waals surface area contributed by atoms with Gasteiger partial charge in [-0.25, -0.2) is 0 Å². The maximum Gasteiger partial charge on any atom is 0.323 e. The third kappa shape index (κ3) is 3.56. The van der Waals surface area contributed by atoms with Crippen molar-refractivity contribution in [1.82, 2.24) is 4.90 Å². The second kappa shape index (κ2) is 6.47. The van der Waals surface area contributed by atoms with E-state index in [0.29, 0.717) is 0 Å². The summed E-state index contributed by atoms with van der Waals surface area (Å²) in [5.41, 5.74) is 0. The Bertz CT molecular complexity index is 265. The van der Waals surface area contributed by atoms with Crippen LogP contribution in [0.1, 0.15) is 32.6 Å². The van der Waals surface area contributed by atoms with Crippen molar-refractivity contribution < 1.29 is 9.53 Å². The van der Waals surface area contributed by atoms with Crippen molar-refractivity contribution in [3.63, 3.8) is 0 Å². The molecule has 1 atom stereocenters. The molecule has 1 aliphatic heterocycles. The van der Waals surface area contributed by atoms with Crippen LogP contribution in [0.3, 0.4) is 0 Å².